The van der Waals surface area contributed by atoms with E-state index in [0.29, 0.717) is 15.6 Å². The lowest BCUT2D eigenvalue weighted by molar-refractivity contribution is 0.213. The molecule has 7 heteroatoms. The van der Waals surface area contributed by atoms with Crippen LogP contribution in [0, 0.1) is 0 Å². The summed E-state index contributed by atoms with van der Waals surface area (Å²) in [6.07, 6.45) is 0. The molecule has 0 aromatic heterocycles. The van der Waals surface area contributed by atoms with Crippen molar-refractivity contribution in [2.24, 2.45) is 0 Å². The number of rotatable bonds is 5. The monoisotopic (exact) mass is 311 g/mol. The van der Waals surface area contributed by atoms with Crippen molar-refractivity contribution in [3.63, 3.8) is 0 Å². The fourth-order valence-electron chi connectivity index (χ4n) is 1.34. The molecule has 0 saturated carbocycles. The number of hydrogen-bond acceptors (Lipinski definition) is 3. The highest BCUT2D eigenvalue weighted by atomic mass is 35.5. The van der Waals surface area contributed by atoms with Gasteiger partial charge in [0.05, 0.1) is 12.4 Å². The molecule has 0 saturated heterocycles. The smallest absolute Gasteiger partial charge is 0.218 e. The topological polar surface area (TPSA) is 57.6 Å². The molecular weight excluding hydrogens is 297 g/mol. The van der Waals surface area contributed by atoms with E-state index in [1.54, 1.807) is 25.1 Å². The summed E-state index contributed by atoms with van der Waals surface area (Å²) in [7, 11) is -2.15. The second-order valence-electron chi connectivity index (χ2n) is 4.00. The van der Waals surface area contributed by atoms with Gasteiger partial charge in [0.25, 0.3) is 0 Å². The van der Waals surface area contributed by atoms with Gasteiger partial charge < -0.3 is 5.11 Å². The molecule has 0 aliphatic heterocycles. The molecule has 102 valence electrons. The minimum Gasteiger partial charge on any atom is -0.395 e. The first kappa shape index (κ1) is 15.7. The quantitative estimate of drug-likeness (QED) is 0.906. The van der Waals surface area contributed by atoms with E-state index in [-0.39, 0.29) is 12.4 Å². The molecule has 0 spiro atoms. The maximum absolute atomic E-state index is 12.1. The van der Waals surface area contributed by atoms with E-state index in [2.05, 4.69) is 0 Å². The average molecular weight is 312 g/mol. The molecule has 0 bridgehead atoms. The first-order valence-corrected chi connectivity index (χ1v) is 7.65. The number of hydrogen-bond donors (Lipinski definition) is 1. The van der Waals surface area contributed by atoms with Crippen LogP contribution in [0.5, 0.6) is 0 Å². The lowest BCUT2D eigenvalue weighted by atomic mass is 10.2. The van der Waals surface area contributed by atoms with E-state index in [9.17, 15) is 8.42 Å². The van der Waals surface area contributed by atoms with Gasteiger partial charge in [-0.3, -0.25) is 0 Å². The van der Waals surface area contributed by atoms with Crippen molar-refractivity contribution in [2.45, 2.75) is 18.7 Å². The Morgan fingerprint density at radius 3 is 2.28 bits per heavy atom. The fraction of sp³-hybridized carbons (Fsp3) is 0.455. The van der Waals surface area contributed by atoms with Crippen LogP contribution in [0.1, 0.15) is 12.5 Å². The first-order chi connectivity index (χ1) is 8.29. The molecule has 1 rings (SSSR count). The summed E-state index contributed by atoms with van der Waals surface area (Å²) < 4.78 is 25.3. The maximum Gasteiger partial charge on any atom is 0.218 e. The zero-order valence-corrected chi connectivity index (χ0v) is 12.4. The van der Waals surface area contributed by atoms with Crippen molar-refractivity contribution in [3.05, 3.63) is 33.8 Å². The SMILES string of the molecule is CC(CO)N(C)S(=O)(=O)Cc1c(Cl)cccc1Cl. The van der Waals surface area contributed by atoms with Crippen molar-refractivity contribution in [3.8, 4) is 0 Å². The van der Waals surface area contributed by atoms with E-state index in [1.807, 2.05) is 0 Å². The van der Waals surface area contributed by atoms with Gasteiger partial charge in [-0.1, -0.05) is 29.3 Å². The molecule has 1 unspecified atom stereocenters. The van der Waals surface area contributed by atoms with Gasteiger partial charge in [-0.15, -0.1) is 0 Å². The number of aliphatic hydroxyl groups excluding tert-OH is 1. The summed E-state index contributed by atoms with van der Waals surface area (Å²) in [6, 6.07) is 4.35. The minimum atomic E-state index is -3.57. The van der Waals surface area contributed by atoms with Gasteiger partial charge in [0, 0.05) is 28.7 Å². The Hall–Kier alpha value is -0.330. The molecule has 1 atom stereocenters. The van der Waals surface area contributed by atoms with Gasteiger partial charge in [-0.2, -0.15) is 4.31 Å². The molecule has 18 heavy (non-hydrogen) atoms. The molecule has 0 heterocycles. The Morgan fingerprint density at radius 1 is 1.33 bits per heavy atom. The number of halogens is 2. The highest BCUT2D eigenvalue weighted by Gasteiger charge is 2.25. The maximum atomic E-state index is 12.1. The second kappa shape index (κ2) is 6.21. The van der Waals surface area contributed by atoms with E-state index in [0.717, 1.165) is 4.31 Å². The summed E-state index contributed by atoms with van der Waals surface area (Å²) in [6.45, 7) is 1.37. The first-order valence-electron chi connectivity index (χ1n) is 5.29. The van der Waals surface area contributed by atoms with E-state index in [4.69, 9.17) is 28.3 Å². The third kappa shape index (κ3) is 3.59. The highest BCUT2D eigenvalue weighted by molar-refractivity contribution is 7.88. The van der Waals surface area contributed by atoms with Gasteiger partial charge in [0.2, 0.25) is 10.0 Å². The van der Waals surface area contributed by atoms with Crippen LogP contribution in [-0.4, -0.2) is 37.5 Å². The number of nitrogens with zero attached hydrogens (tertiary/aromatic N) is 1. The highest BCUT2D eigenvalue weighted by Crippen LogP contribution is 2.27. The molecule has 0 aliphatic carbocycles. The Balaban J connectivity index is 3.03. The molecule has 1 aromatic rings. The van der Waals surface area contributed by atoms with Gasteiger partial charge in [0.1, 0.15) is 0 Å². The molecule has 1 aromatic carbocycles. The van der Waals surface area contributed by atoms with Crippen molar-refractivity contribution < 1.29 is 13.5 Å². The molecule has 0 fully saturated rings. The van der Waals surface area contributed by atoms with Gasteiger partial charge in [-0.25, -0.2) is 8.42 Å². The van der Waals surface area contributed by atoms with Crippen LogP contribution in [0.2, 0.25) is 10.0 Å². The lowest BCUT2D eigenvalue weighted by Gasteiger charge is -2.23. The fourth-order valence-corrected chi connectivity index (χ4v) is 3.53. The van der Waals surface area contributed by atoms with Crippen molar-refractivity contribution >= 4 is 33.2 Å². The van der Waals surface area contributed by atoms with Crippen LogP contribution in [0.25, 0.3) is 0 Å². The summed E-state index contributed by atoms with van der Waals surface area (Å²) >= 11 is 11.9. The zero-order chi connectivity index (χ0) is 13.9. The Labute approximate surface area is 117 Å². The lowest BCUT2D eigenvalue weighted by Crippen LogP contribution is -2.38. The number of likely N-dealkylation sites (N-methyl/N-ethyl adjacent to an activating group) is 1. The average Bonchev–Trinajstić information content (AvgIpc) is 2.32. The predicted octanol–water partition coefficient (Wildman–Crippen LogP) is 2.14. The summed E-state index contributed by atoms with van der Waals surface area (Å²) in [4.78, 5) is 0. The molecule has 1 N–H and O–H groups in total. The van der Waals surface area contributed by atoms with Crippen LogP contribution in [0.4, 0.5) is 0 Å². The predicted molar refractivity (Wildman–Crippen MR) is 73.4 cm³/mol. The van der Waals surface area contributed by atoms with Crippen LogP contribution in [0.3, 0.4) is 0 Å². The molecular formula is C11H15Cl2NO3S. The van der Waals surface area contributed by atoms with E-state index >= 15 is 0 Å². The van der Waals surface area contributed by atoms with Crippen LogP contribution in [-0.2, 0) is 15.8 Å². The third-order valence-corrected chi connectivity index (χ3v) is 5.31. The van der Waals surface area contributed by atoms with Gasteiger partial charge >= 0.3 is 0 Å². The Kier molecular flexibility index (Phi) is 5.43. The number of aliphatic hydroxyl groups is 1. The van der Waals surface area contributed by atoms with Crippen molar-refractivity contribution in [1.29, 1.82) is 0 Å². The third-order valence-electron chi connectivity index (χ3n) is 2.71. The van der Waals surface area contributed by atoms with Gasteiger partial charge in [0.15, 0.2) is 0 Å². The summed E-state index contributed by atoms with van der Waals surface area (Å²) in [5.41, 5.74) is 0.373. The van der Waals surface area contributed by atoms with Crippen LogP contribution >= 0.6 is 23.2 Å². The van der Waals surface area contributed by atoms with Crippen molar-refractivity contribution in [2.75, 3.05) is 13.7 Å². The number of benzene rings is 1. The van der Waals surface area contributed by atoms with E-state index < -0.39 is 16.1 Å². The second-order valence-corrected chi connectivity index (χ2v) is 6.85. The Morgan fingerprint density at radius 2 is 1.83 bits per heavy atom. The van der Waals surface area contributed by atoms with Crippen LogP contribution < -0.4 is 0 Å². The van der Waals surface area contributed by atoms with Crippen molar-refractivity contribution in [1.82, 2.24) is 4.31 Å². The number of sulfonamides is 1. The minimum absolute atomic E-state index is 0.244. The largest absolute Gasteiger partial charge is 0.395 e. The van der Waals surface area contributed by atoms with Gasteiger partial charge in [-0.05, 0) is 19.1 Å². The van der Waals surface area contributed by atoms with Crippen LogP contribution in [0.15, 0.2) is 18.2 Å². The standard InChI is InChI=1S/C11H15Cl2NO3S/c1-8(6-15)14(2)18(16,17)7-9-10(12)4-3-5-11(9)13/h3-5,8,15H,6-7H2,1-2H3. The Bertz CT molecular complexity index is 499. The summed E-state index contributed by atoms with van der Waals surface area (Å²) in [5, 5.41) is 9.62. The molecule has 0 aliphatic rings. The zero-order valence-electron chi connectivity index (χ0n) is 10.1. The normalized spacial score (nSPS) is 13.9. The molecule has 4 nitrogen and oxygen atoms in total. The summed E-state index contributed by atoms with van der Waals surface area (Å²) in [5.74, 6) is -0.285. The van der Waals surface area contributed by atoms with E-state index in [1.165, 1.54) is 7.05 Å². The molecule has 0 radical (unpaired) electrons. The molecule has 0 amide bonds.